The maximum absolute atomic E-state index is 10.9. The summed E-state index contributed by atoms with van der Waals surface area (Å²) in [5.41, 5.74) is -0.717. The Morgan fingerprint density at radius 3 is 2.82 bits per heavy atom. The van der Waals surface area contributed by atoms with E-state index in [4.69, 9.17) is 14.6 Å². The van der Waals surface area contributed by atoms with Crippen molar-refractivity contribution in [2.24, 2.45) is 0 Å². The van der Waals surface area contributed by atoms with E-state index in [1.54, 1.807) is 0 Å². The van der Waals surface area contributed by atoms with E-state index in [2.05, 4.69) is 4.98 Å². The second-order valence-electron chi connectivity index (χ2n) is 3.39. The average molecular weight is 240 g/mol. The molecule has 8 heteroatoms. The third kappa shape index (κ3) is 2.31. The lowest BCUT2D eigenvalue weighted by molar-refractivity contribution is -0.385. The topological polar surface area (TPSA) is 112 Å². The highest BCUT2D eigenvalue weighted by atomic mass is 16.6. The number of pyridine rings is 1. The van der Waals surface area contributed by atoms with E-state index in [9.17, 15) is 14.9 Å². The van der Waals surface area contributed by atoms with Gasteiger partial charge in [0.15, 0.2) is 0 Å². The minimum atomic E-state index is -1.32. The second-order valence-corrected chi connectivity index (χ2v) is 3.39. The van der Waals surface area contributed by atoms with Crippen LogP contribution in [-0.4, -0.2) is 40.3 Å². The van der Waals surface area contributed by atoms with Gasteiger partial charge in [0.2, 0.25) is 5.88 Å². The van der Waals surface area contributed by atoms with Crippen LogP contribution in [0.4, 0.5) is 5.69 Å². The Labute approximate surface area is 94.9 Å². The van der Waals surface area contributed by atoms with Crippen LogP contribution in [0.25, 0.3) is 0 Å². The summed E-state index contributed by atoms with van der Waals surface area (Å²) in [5, 5.41) is 19.4. The number of carboxylic acid groups (broad SMARTS) is 1. The molecular formula is C9H8N2O6. The molecule has 0 atom stereocenters. The van der Waals surface area contributed by atoms with Gasteiger partial charge in [-0.05, 0) is 0 Å². The van der Waals surface area contributed by atoms with Gasteiger partial charge < -0.3 is 14.6 Å². The van der Waals surface area contributed by atoms with Crippen LogP contribution in [0.3, 0.4) is 0 Å². The number of nitro groups is 1. The number of aromatic carboxylic acids is 1. The number of aromatic nitrogens is 1. The summed E-state index contributed by atoms with van der Waals surface area (Å²) in [6, 6.07) is 0.921. The fraction of sp³-hybridized carbons (Fsp3) is 0.333. The molecule has 8 nitrogen and oxygen atoms in total. The Morgan fingerprint density at radius 1 is 1.65 bits per heavy atom. The van der Waals surface area contributed by atoms with Crippen LogP contribution < -0.4 is 4.74 Å². The number of rotatable bonds is 4. The summed E-state index contributed by atoms with van der Waals surface area (Å²) < 4.78 is 10.1. The van der Waals surface area contributed by atoms with Crippen molar-refractivity contribution in [2.75, 3.05) is 13.2 Å². The van der Waals surface area contributed by atoms with Crippen molar-refractivity contribution >= 4 is 11.7 Å². The van der Waals surface area contributed by atoms with Gasteiger partial charge in [-0.3, -0.25) is 10.1 Å². The van der Waals surface area contributed by atoms with E-state index < -0.39 is 10.9 Å². The first-order chi connectivity index (χ1) is 8.08. The average Bonchev–Trinajstić information content (AvgIpc) is 2.23. The van der Waals surface area contributed by atoms with Crippen LogP contribution in [0, 0.1) is 10.1 Å². The predicted molar refractivity (Wildman–Crippen MR) is 53.1 cm³/mol. The molecule has 90 valence electrons. The van der Waals surface area contributed by atoms with E-state index >= 15 is 0 Å². The Hall–Kier alpha value is -2.22. The molecule has 0 amide bonds. The fourth-order valence-corrected chi connectivity index (χ4v) is 1.23. The van der Waals surface area contributed by atoms with Crippen molar-refractivity contribution in [1.82, 2.24) is 4.98 Å². The number of hydrogen-bond acceptors (Lipinski definition) is 6. The summed E-state index contributed by atoms with van der Waals surface area (Å²) in [7, 11) is 0. The van der Waals surface area contributed by atoms with E-state index in [1.165, 1.54) is 0 Å². The minimum Gasteiger partial charge on any atom is -0.477 e. The fourth-order valence-electron chi connectivity index (χ4n) is 1.23. The van der Waals surface area contributed by atoms with E-state index in [1.807, 2.05) is 0 Å². The molecule has 1 aromatic rings. The van der Waals surface area contributed by atoms with Gasteiger partial charge >= 0.3 is 5.97 Å². The van der Waals surface area contributed by atoms with Gasteiger partial charge in [0.25, 0.3) is 5.69 Å². The first-order valence-electron chi connectivity index (χ1n) is 4.70. The molecule has 0 saturated carbocycles. The quantitative estimate of drug-likeness (QED) is 0.601. The predicted octanol–water partition coefficient (Wildman–Crippen LogP) is 0.466. The van der Waals surface area contributed by atoms with Gasteiger partial charge in [0, 0.05) is 6.07 Å². The first kappa shape index (κ1) is 11.3. The van der Waals surface area contributed by atoms with Gasteiger partial charge in [-0.2, -0.15) is 0 Å². The molecule has 0 unspecified atom stereocenters. The lowest BCUT2D eigenvalue weighted by atomic mass is 10.2. The van der Waals surface area contributed by atoms with E-state index in [0.29, 0.717) is 13.2 Å². The van der Waals surface area contributed by atoms with Crippen LogP contribution >= 0.6 is 0 Å². The molecule has 1 N–H and O–H groups in total. The first-order valence-corrected chi connectivity index (χ1v) is 4.70. The Kier molecular flexibility index (Phi) is 2.88. The molecule has 17 heavy (non-hydrogen) atoms. The van der Waals surface area contributed by atoms with Crippen molar-refractivity contribution in [2.45, 2.75) is 6.10 Å². The molecule has 2 heterocycles. The van der Waals surface area contributed by atoms with Crippen molar-refractivity contribution in [3.8, 4) is 5.88 Å². The minimum absolute atomic E-state index is 0.128. The SMILES string of the molecule is O=C(O)c1cc([N+](=O)[O-])cnc1OC1COC1. The third-order valence-corrected chi connectivity index (χ3v) is 2.16. The molecule has 2 rings (SSSR count). The monoisotopic (exact) mass is 240 g/mol. The van der Waals surface area contributed by atoms with Crippen LogP contribution in [0.2, 0.25) is 0 Å². The molecule has 0 spiro atoms. The zero-order valence-corrected chi connectivity index (χ0v) is 8.53. The van der Waals surface area contributed by atoms with E-state index in [-0.39, 0.29) is 23.2 Å². The van der Waals surface area contributed by atoms with Crippen molar-refractivity contribution < 1.29 is 24.3 Å². The number of nitrogens with zero attached hydrogens (tertiary/aromatic N) is 2. The lowest BCUT2D eigenvalue weighted by Crippen LogP contribution is -2.39. The molecular weight excluding hydrogens is 232 g/mol. The van der Waals surface area contributed by atoms with Crippen LogP contribution in [0.1, 0.15) is 10.4 Å². The largest absolute Gasteiger partial charge is 0.477 e. The van der Waals surface area contributed by atoms with Gasteiger partial charge in [-0.1, -0.05) is 0 Å². The summed E-state index contributed by atoms with van der Waals surface area (Å²) in [5.74, 6) is -1.45. The number of carboxylic acids is 1. The highest BCUT2D eigenvalue weighted by Crippen LogP contribution is 2.23. The van der Waals surface area contributed by atoms with Gasteiger partial charge in [-0.15, -0.1) is 0 Å². The molecule has 0 bridgehead atoms. The molecule has 0 aliphatic carbocycles. The molecule has 1 aliphatic heterocycles. The van der Waals surface area contributed by atoms with Gasteiger partial charge in [-0.25, -0.2) is 9.78 Å². The van der Waals surface area contributed by atoms with Gasteiger partial charge in [0.05, 0.1) is 18.1 Å². The third-order valence-electron chi connectivity index (χ3n) is 2.16. The summed E-state index contributed by atoms with van der Waals surface area (Å²) in [6.45, 7) is 0.718. The van der Waals surface area contributed by atoms with Crippen LogP contribution in [-0.2, 0) is 4.74 Å². The van der Waals surface area contributed by atoms with Gasteiger partial charge in [0.1, 0.15) is 17.9 Å². The van der Waals surface area contributed by atoms with Crippen LogP contribution in [0.15, 0.2) is 12.3 Å². The summed E-state index contributed by atoms with van der Waals surface area (Å²) >= 11 is 0. The highest BCUT2D eigenvalue weighted by molar-refractivity contribution is 5.90. The molecule has 1 aliphatic rings. The zero-order chi connectivity index (χ0) is 12.4. The molecule has 0 aromatic carbocycles. The molecule has 1 fully saturated rings. The summed E-state index contributed by atoms with van der Waals surface area (Å²) in [6.07, 6.45) is 0.712. The molecule has 0 radical (unpaired) electrons. The molecule has 1 saturated heterocycles. The molecule has 1 aromatic heterocycles. The van der Waals surface area contributed by atoms with Crippen molar-refractivity contribution in [3.63, 3.8) is 0 Å². The standard InChI is InChI=1S/C9H8N2O6/c12-9(13)7-1-5(11(14)15)2-10-8(7)17-6-3-16-4-6/h1-2,6H,3-4H2,(H,12,13). The van der Waals surface area contributed by atoms with Crippen LogP contribution in [0.5, 0.6) is 5.88 Å². The number of ether oxygens (including phenoxy) is 2. The summed E-state index contributed by atoms with van der Waals surface area (Å²) in [4.78, 5) is 24.3. The smallest absolute Gasteiger partial charge is 0.341 e. The van der Waals surface area contributed by atoms with E-state index in [0.717, 1.165) is 12.3 Å². The highest BCUT2D eigenvalue weighted by Gasteiger charge is 2.25. The maximum Gasteiger partial charge on any atom is 0.341 e. The normalized spacial score (nSPS) is 15.1. The Bertz CT molecular complexity index is 471. The second kappa shape index (κ2) is 4.34. The zero-order valence-electron chi connectivity index (χ0n) is 8.53. The van der Waals surface area contributed by atoms with Crippen molar-refractivity contribution in [3.05, 3.63) is 27.9 Å². The Balaban J connectivity index is 2.30. The van der Waals surface area contributed by atoms with Crippen molar-refractivity contribution in [1.29, 1.82) is 0 Å². The maximum atomic E-state index is 10.9. The Morgan fingerprint density at radius 2 is 2.35 bits per heavy atom. The number of carbonyl (C=O) groups is 1. The lowest BCUT2D eigenvalue weighted by Gasteiger charge is -2.26. The number of hydrogen-bond donors (Lipinski definition) is 1.